The van der Waals surface area contributed by atoms with E-state index in [1.54, 1.807) is 13.3 Å². The zero-order valence-electron chi connectivity index (χ0n) is 19.3. The van der Waals surface area contributed by atoms with Crippen LogP contribution in [0, 0.1) is 5.92 Å². The van der Waals surface area contributed by atoms with E-state index in [1.807, 2.05) is 36.1 Å². The van der Waals surface area contributed by atoms with Gasteiger partial charge in [0, 0.05) is 45.6 Å². The summed E-state index contributed by atoms with van der Waals surface area (Å²) in [4.78, 5) is 6.79. The lowest BCUT2D eigenvalue weighted by Gasteiger charge is -2.21. The molecule has 0 saturated carbocycles. The number of nitrogens with zero attached hydrogens (tertiary/aromatic N) is 4. The van der Waals surface area contributed by atoms with Crippen LogP contribution < -0.4 is 20.3 Å². The number of aromatic nitrogens is 2. The minimum atomic E-state index is 0. The monoisotopic (exact) mass is 560 g/mol. The molecule has 1 saturated heterocycles. The van der Waals surface area contributed by atoms with E-state index in [9.17, 15) is 0 Å². The molecule has 7 nitrogen and oxygen atoms in total. The summed E-state index contributed by atoms with van der Waals surface area (Å²) >= 11 is 0. The SMILES string of the molecule is CN=C(NCCc1ccc(-n2cccn2)cc1)NCC1CCN(c2ccccc2OC)C1.I. The van der Waals surface area contributed by atoms with E-state index < -0.39 is 0 Å². The average molecular weight is 560 g/mol. The summed E-state index contributed by atoms with van der Waals surface area (Å²) in [6.45, 7) is 3.81. The number of para-hydroxylation sites is 2. The molecule has 1 aromatic heterocycles. The van der Waals surface area contributed by atoms with E-state index in [0.717, 1.165) is 56.4 Å². The van der Waals surface area contributed by atoms with Crippen molar-refractivity contribution in [3.63, 3.8) is 0 Å². The van der Waals surface area contributed by atoms with Gasteiger partial charge in [-0.1, -0.05) is 24.3 Å². The van der Waals surface area contributed by atoms with Crippen molar-refractivity contribution in [2.75, 3.05) is 45.2 Å². The predicted octanol–water partition coefficient (Wildman–Crippen LogP) is 3.73. The van der Waals surface area contributed by atoms with Crippen LogP contribution in [0.4, 0.5) is 5.69 Å². The van der Waals surface area contributed by atoms with E-state index in [0.29, 0.717) is 5.92 Å². The first-order valence-electron chi connectivity index (χ1n) is 11.2. The fraction of sp³-hybridized carbons (Fsp3) is 0.360. The van der Waals surface area contributed by atoms with Crippen LogP contribution in [-0.4, -0.2) is 56.1 Å². The third-order valence-electron chi connectivity index (χ3n) is 5.90. The van der Waals surface area contributed by atoms with Gasteiger partial charge in [-0.05, 0) is 54.7 Å². The van der Waals surface area contributed by atoms with Crippen LogP contribution in [0.1, 0.15) is 12.0 Å². The number of ether oxygens (including phenoxy) is 1. The van der Waals surface area contributed by atoms with Gasteiger partial charge in [0.25, 0.3) is 0 Å². The molecule has 1 aliphatic rings. The van der Waals surface area contributed by atoms with Crippen molar-refractivity contribution in [2.24, 2.45) is 10.9 Å². The second-order valence-electron chi connectivity index (χ2n) is 8.02. The summed E-state index contributed by atoms with van der Waals surface area (Å²) in [7, 11) is 3.56. The Kier molecular flexibility index (Phi) is 9.41. The summed E-state index contributed by atoms with van der Waals surface area (Å²) in [6.07, 6.45) is 5.83. The van der Waals surface area contributed by atoms with E-state index in [4.69, 9.17) is 4.74 Å². The number of methoxy groups -OCH3 is 1. The van der Waals surface area contributed by atoms with Crippen molar-refractivity contribution >= 4 is 35.6 Å². The molecule has 0 spiro atoms. The molecule has 4 rings (SSSR count). The Morgan fingerprint density at radius 3 is 2.67 bits per heavy atom. The zero-order chi connectivity index (χ0) is 22.2. The fourth-order valence-corrected chi connectivity index (χ4v) is 4.13. The number of hydrogen-bond acceptors (Lipinski definition) is 4. The molecule has 33 heavy (non-hydrogen) atoms. The fourth-order valence-electron chi connectivity index (χ4n) is 4.13. The number of aliphatic imine (C=N–C) groups is 1. The maximum absolute atomic E-state index is 5.52. The molecule has 0 aliphatic carbocycles. The first-order valence-corrected chi connectivity index (χ1v) is 11.2. The Morgan fingerprint density at radius 1 is 1.12 bits per heavy atom. The van der Waals surface area contributed by atoms with E-state index in [1.165, 1.54) is 11.3 Å². The Labute approximate surface area is 213 Å². The molecule has 2 N–H and O–H groups in total. The van der Waals surface area contributed by atoms with Gasteiger partial charge in [-0.3, -0.25) is 4.99 Å². The summed E-state index contributed by atoms with van der Waals surface area (Å²) in [5, 5.41) is 11.2. The Bertz CT molecular complexity index is 1010. The van der Waals surface area contributed by atoms with Gasteiger partial charge in [0.1, 0.15) is 5.75 Å². The Balaban J connectivity index is 0.00000306. The highest BCUT2D eigenvalue weighted by atomic mass is 127. The van der Waals surface area contributed by atoms with Crippen LogP contribution in [0.25, 0.3) is 5.69 Å². The predicted molar refractivity (Wildman–Crippen MR) is 145 cm³/mol. The van der Waals surface area contributed by atoms with E-state index >= 15 is 0 Å². The van der Waals surface area contributed by atoms with Crippen molar-refractivity contribution in [2.45, 2.75) is 12.8 Å². The number of benzene rings is 2. The van der Waals surface area contributed by atoms with Crippen molar-refractivity contribution in [3.05, 3.63) is 72.6 Å². The first-order chi connectivity index (χ1) is 15.8. The summed E-state index contributed by atoms with van der Waals surface area (Å²) < 4.78 is 7.39. The summed E-state index contributed by atoms with van der Waals surface area (Å²) in [5.74, 6) is 2.37. The van der Waals surface area contributed by atoms with Gasteiger partial charge in [0.05, 0.1) is 18.5 Å². The smallest absolute Gasteiger partial charge is 0.190 e. The number of nitrogens with one attached hydrogen (secondary N) is 2. The number of anilines is 1. The van der Waals surface area contributed by atoms with Crippen LogP contribution in [0.5, 0.6) is 5.75 Å². The minimum absolute atomic E-state index is 0. The van der Waals surface area contributed by atoms with Crippen LogP contribution >= 0.6 is 24.0 Å². The number of hydrogen-bond donors (Lipinski definition) is 2. The number of halogens is 1. The van der Waals surface area contributed by atoms with Crippen molar-refractivity contribution in [1.82, 2.24) is 20.4 Å². The highest BCUT2D eigenvalue weighted by Crippen LogP contribution is 2.31. The molecule has 0 bridgehead atoms. The molecule has 0 amide bonds. The zero-order valence-corrected chi connectivity index (χ0v) is 21.6. The minimum Gasteiger partial charge on any atom is -0.495 e. The Hall–Kier alpha value is -2.75. The topological polar surface area (TPSA) is 66.7 Å². The maximum Gasteiger partial charge on any atom is 0.190 e. The highest BCUT2D eigenvalue weighted by Gasteiger charge is 2.24. The molecule has 2 aromatic carbocycles. The van der Waals surface area contributed by atoms with Gasteiger partial charge in [0.2, 0.25) is 0 Å². The van der Waals surface area contributed by atoms with Crippen LogP contribution in [0.15, 0.2) is 72.0 Å². The lowest BCUT2D eigenvalue weighted by atomic mass is 10.1. The van der Waals surface area contributed by atoms with Gasteiger partial charge in [0.15, 0.2) is 5.96 Å². The molecular weight excluding hydrogens is 527 g/mol. The Morgan fingerprint density at radius 2 is 1.94 bits per heavy atom. The quantitative estimate of drug-likeness (QED) is 0.250. The molecule has 2 heterocycles. The number of guanidine groups is 1. The van der Waals surface area contributed by atoms with Gasteiger partial charge in [-0.15, -0.1) is 24.0 Å². The van der Waals surface area contributed by atoms with Crippen molar-refractivity contribution < 1.29 is 4.74 Å². The molecule has 1 atom stereocenters. The molecule has 0 radical (unpaired) electrons. The lowest BCUT2D eigenvalue weighted by Crippen LogP contribution is -2.41. The highest BCUT2D eigenvalue weighted by molar-refractivity contribution is 14.0. The summed E-state index contributed by atoms with van der Waals surface area (Å²) in [6, 6.07) is 18.7. The van der Waals surface area contributed by atoms with Gasteiger partial charge < -0.3 is 20.3 Å². The lowest BCUT2D eigenvalue weighted by molar-refractivity contribution is 0.414. The van der Waals surface area contributed by atoms with Gasteiger partial charge in [-0.2, -0.15) is 5.10 Å². The third-order valence-corrected chi connectivity index (χ3v) is 5.90. The first kappa shape index (κ1) is 24.9. The molecule has 1 fully saturated rings. The van der Waals surface area contributed by atoms with Gasteiger partial charge >= 0.3 is 0 Å². The molecule has 1 unspecified atom stereocenters. The molecule has 176 valence electrons. The van der Waals surface area contributed by atoms with Crippen molar-refractivity contribution in [3.8, 4) is 11.4 Å². The molecule has 1 aliphatic heterocycles. The largest absolute Gasteiger partial charge is 0.495 e. The summed E-state index contributed by atoms with van der Waals surface area (Å²) in [5.41, 5.74) is 3.54. The van der Waals surface area contributed by atoms with Crippen LogP contribution in [0.3, 0.4) is 0 Å². The molecular formula is C25H33IN6O. The third kappa shape index (κ3) is 6.63. The second kappa shape index (κ2) is 12.5. The van der Waals surface area contributed by atoms with Gasteiger partial charge in [-0.25, -0.2) is 4.68 Å². The van der Waals surface area contributed by atoms with Crippen LogP contribution in [0.2, 0.25) is 0 Å². The molecule has 3 aromatic rings. The maximum atomic E-state index is 5.52. The standard InChI is InChI=1S/C25H32N6O.HI/c1-26-25(27-15-12-20-8-10-22(11-9-20)31-16-5-14-29-31)28-18-21-13-17-30(19-21)23-6-3-4-7-24(23)32-2;/h3-11,14,16,21H,12-13,15,17-19H2,1-2H3,(H2,26,27,28);1H. The van der Waals surface area contributed by atoms with Crippen LogP contribution in [-0.2, 0) is 6.42 Å². The normalized spacial score (nSPS) is 15.8. The van der Waals surface area contributed by atoms with E-state index in [2.05, 4.69) is 62.0 Å². The average Bonchev–Trinajstić information content (AvgIpc) is 3.54. The number of rotatable bonds is 8. The molecule has 8 heteroatoms. The second-order valence-corrected chi connectivity index (χ2v) is 8.02. The van der Waals surface area contributed by atoms with E-state index in [-0.39, 0.29) is 24.0 Å². The van der Waals surface area contributed by atoms with Crippen molar-refractivity contribution in [1.29, 1.82) is 0 Å².